The molecule has 0 aliphatic heterocycles. The minimum absolute atomic E-state index is 0.278. The molecule has 3 aromatic carbocycles. The lowest BCUT2D eigenvalue weighted by atomic mass is 9.97. The van der Waals surface area contributed by atoms with Crippen molar-refractivity contribution in [2.45, 2.75) is 0 Å². The number of hydrogen-bond acceptors (Lipinski definition) is 2. The van der Waals surface area contributed by atoms with Crippen LogP contribution in [-0.2, 0) is 9.59 Å². The predicted octanol–water partition coefficient (Wildman–Crippen LogP) is 4.16. The van der Waals surface area contributed by atoms with Gasteiger partial charge in [-0.3, -0.25) is 9.59 Å². The van der Waals surface area contributed by atoms with Gasteiger partial charge >= 0.3 is 0 Å². The molecule has 0 aromatic heterocycles. The van der Waals surface area contributed by atoms with Crippen molar-refractivity contribution >= 4 is 17.9 Å². The Morgan fingerprint density at radius 2 is 1.35 bits per heavy atom. The Bertz CT molecular complexity index is 827. The van der Waals surface area contributed by atoms with Crippen LogP contribution in [0.25, 0.3) is 22.3 Å². The van der Waals surface area contributed by atoms with Gasteiger partial charge in [0.2, 0.25) is 6.29 Å². The molecule has 0 spiro atoms. The summed E-state index contributed by atoms with van der Waals surface area (Å²) in [5, 5.41) is 2.63. The third-order valence-electron chi connectivity index (χ3n) is 3.58. The van der Waals surface area contributed by atoms with Crippen molar-refractivity contribution in [1.82, 2.24) is 0 Å². The molecule has 0 fully saturated rings. The Morgan fingerprint density at radius 1 is 0.739 bits per heavy atom. The molecule has 3 rings (SSSR count). The van der Waals surface area contributed by atoms with Crippen molar-refractivity contribution in [3.63, 3.8) is 0 Å². The number of aldehydes is 1. The molecular weight excluding hydrogens is 286 g/mol. The highest BCUT2D eigenvalue weighted by atomic mass is 16.2. The number of nitrogens with one attached hydrogen (secondary N) is 1. The average Bonchev–Trinajstić information content (AvgIpc) is 2.63. The van der Waals surface area contributed by atoms with Gasteiger partial charge < -0.3 is 5.32 Å². The first-order chi connectivity index (χ1) is 11.3. The zero-order valence-corrected chi connectivity index (χ0v) is 12.4. The zero-order valence-electron chi connectivity index (χ0n) is 12.4. The average molecular weight is 301 g/mol. The monoisotopic (exact) mass is 301 g/mol. The van der Waals surface area contributed by atoms with Gasteiger partial charge in [0.1, 0.15) is 0 Å². The fourth-order valence-corrected chi connectivity index (χ4v) is 2.48. The maximum absolute atomic E-state index is 11.4. The molecule has 0 heterocycles. The first-order valence-electron chi connectivity index (χ1n) is 7.29. The minimum Gasteiger partial charge on any atom is -0.319 e. The summed E-state index contributed by atoms with van der Waals surface area (Å²) in [5.74, 6) is -0.658. The summed E-state index contributed by atoms with van der Waals surface area (Å²) >= 11 is 0. The molecule has 112 valence electrons. The number of benzene rings is 3. The fourth-order valence-electron chi connectivity index (χ4n) is 2.48. The van der Waals surface area contributed by atoms with E-state index in [0.29, 0.717) is 5.69 Å². The van der Waals surface area contributed by atoms with E-state index in [1.807, 2.05) is 78.9 Å². The first kappa shape index (κ1) is 14.7. The number of amides is 1. The Balaban J connectivity index is 2.11. The Morgan fingerprint density at radius 3 is 1.96 bits per heavy atom. The number of carbonyl (C=O) groups is 2. The SMILES string of the molecule is O=CC(=O)Nc1ccc(-c2ccccc2)cc1-c1ccccc1. The predicted molar refractivity (Wildman–Crippen MR) is 92.0 cm³/mol. The van der Waals surface area contributed by atoms with E-state index in [0.717, 1.165) is 22.3 Å². The second-order valence-corrected chi connectivity index (χ2v) is 5.10. The van der Waals surface area contributed by atoms with Crippen LogP contribution in [0, 0.1) is 0 Å². The van der Waals surface area contributed by atoms with Crippen molar-refractivity contribution < 1.29 is 9.59 Å². The van der Waals surface area contributed by atoms with Crippen molar-refractivity contribution in [2.75, 3.05) is 5.32 Å². The van der Waals surface area contributed by atoms with Gasteiger partial charge in [0.15, 0.2) is 0 Å². The molecule has 0 saturated heterocycles. The maximum Gasteiger partial charge on any atom is 0.288 e. The minimum atomic E-state index is -0.658. The van der Waals surface area contributed by atoms with E-state index in [9.17, 15) is 9.59 Å². The molecule has 0 unspecified atom stereocenters. The molecule has 0 radical (unpaired) electrons. The number of anilines is 1. The second kappa shape index (κ2) is 6.71. The van der Waals surface area contributed by atoms with Crippen LogP contribution in [0.15, 0.2) is 78.9 Å². The standard InChI is InChI=1S/C20H15NO2/c22-14-20(23)21-19-12-11-17(15-7-3-1-4-8-15)13-18(19)16-9-5-2-6-10-16/h1-14H,(H,21,23). The summed E-state index contributed by atoms with van der Waals surface area (Å²) in [6.07, 6.45) is 0.278. The third kappa shape index (κ3) is 3.35. The van der Waals surface area contributed by atoms with Crippen molar-refractivity contribution in [3.8, 4) is 22.3 Å². The summed E-state index contributed by atoms with van der Waals surface area (Å²) in [5.41, 5.74) is 4.62. The smallest absolute Gasteiger partial charge is 0.288 e. The highest BCUT2D eigenvalue weighted by Gasteiger charge is 2.10. The van der Waals surface area contributed by atoms with Gasteiger partial charge in [-0.1, -0.05) is 66.7 Å². The molecule has 0 atom stereocenters. The van der Waals surface area contributed by atoms with Gasteiger partial charge in [-0.2, -0.15) is 0 Å². The second-order valence-electron chi connectivity index (χ2n) is 5.10. The molecule has 1 amide bonds. The lowest BCUT2D eigenvalue weighted by molar-refractivity contribution is -0.127. The Labute approximate surface area is 134 Å². The zero-order chi connectivity index (χ0) is 16.1. The summed E-state index contributed by atoms with van der Waals surface area (Å²) in [4.78, 5) is 22.1. The molecule has 0 aliphatic carbocycles. The van der Waals surface area contributed by atoms with Crippen LogP contribution in [0.2, 0.25) is 0 Å². The fraction of sp³-hybridized carbons (Fsp3) is 0. The largest absolute Gasteiger partial charge is 0.319 e. The van der Waals surface area contributed by atoms with Crippen molar-refractivity contribution in [1.29, 1.82) is 0 Å². The quantitative estimate of drug-likeness (QED) is 0.581. The highest BCUT2D eigenvalue weighted by molar-refractivity contribution is 6.30. The van der Waals surface area contributed by atoms with Crippen LogP contribution in [0.5, 0.6) is 0 Å². The summed E-state index contributed by atoms with van der Waals surface area (Å²) < 4.78 is 0. The lowest BCUT2D eigenvalue weighted by Crippen LogP contribution is -2.12. The molecule has 3 nitrogen and oxygen atoms in total. The number of rotatable bonds is 4. The Kier molecular flexibility index (Phi) is 4.29. The molecule has 0 aliphatic rings. The number of carbonyl (C=O) groups excluding carboxylic acids is 2. The molecule has 0 bridgehead atoms. The highest BCUT2D eigenvalue weighted by Crippen LogP contribution is 2.32. The molecule has 1 N–H and O–H groups in total. The van der Waals surface area contributed by atoms with E-state index in [1.165, 1.54) is 0 Å². The van der Waals surface area contributed by atoms with E-state index in [4.69, 9.17) is 0 Å². The molecular formula is C20H15NO2. The lowest BCUT2D eigenvalue weighted by Gasteiger charge is -2.12. The molecule has 0 saturated carbocycles. The summed E-state index contributed by atoms with van der Waals surface area (Å²) in [6.45, 7) is 0. The third-order valence-corrected chi connectivity index (χ3v) is 3.58. The van der Waals surface area contributed by atoms with E-state index in [2.05, 4.69) is 5.32 Å². The van der Waals surface area contributed by atoms with Gasteiger partial charge in [0, 0.05) is 11.3 Å². The van der Waals surface area contributed by atoms with Crippen LogP contribution in [0.4, 0.5) is 5.69 Å². The van der Waals surface area contributed by atoms with Crippen LogP contribution in [0.1, 0.15) is 0 Å². The van der Waals surface area contributed by atoms with Crippen LogP contribution in [0.3, 0.4) is 0 Å². The van der Waals surface area contributed by atoms with Crippen molar-refractivity contribution in [2.24, 2.45) is 0 Å². The summed E-state index contributed by atoms with van der Waals surface area (Å²) in [6, 6.07) is 25.6. The van der Waals surface area contributed by atoms with E-state index < -0.39 is 5.91 Å². The molecule has 3 heteroatoms. The van der Waals surface area contributed by atoms with Crippen molar-refractivity contribution in [3.05, 3.63) is 78.9 Å². The molecule has 23 heavy (non-hydrogen) atoms. The Hall–Kier alpha value is -3.20. The van der Waals surface area contributed by atoms with Gasteiger partial charge in [0.25, 0.3) is 5.91 Å². The summed E-state index contributed by atoms with van der Waals surface area (Å²) in [7, 11) is 0. The number of hydrogen-bond donors (Lipinski definition) is 1. The van der Waals surface area contributed by atoms with E-state index >= 15 is 0 Å². The first-order valence-corrected chi connectivity index (χ1v) is 7.29. The maximum atomic E-state index is 11.4. The molecule has 3 aromatic rings. The van der Waals surface area contributed by atoms with E-state index in [1.54, 1.807) is 0 Å². The van der Waals surface area contributed by atoms with Gasteiger partial charge in [0.05, 0.1) is 0 Å². The van der Waals surface area contributed by atoms with Crippen LogP contribution < -0.4 is 5.32 Å². The normalized spacial score (nSPS) is 10.1. The van der Waals surface area contributed by atoms with Gasteiger partial charge in [-0.05, 0) is 28.8 Å². The topological polar surface area (TPSA) is 46.2 Å². The van der Waals surface area contributed by atoms with E-state index in [-0.39, 0.29) is 6.29 Å². The van der Waals surface area contributed by atoms with Gasteiger partial charge in [-0.25, -0.2) is 0 Å². The van der Waals surface area contributed by atoms with Crippen LogP contribution >= 0.6 is 0 Å². The van der Waals surface area contributed by atoms with Crippen LogP contribution in [-0.4, -0.2) is 12.2 Å². The van der Waals surface area contributed by atoms with Gasteiger partial charge in [-0.15, -0.1) is 0 Å².